The average Bonchev–Trinajstić information content (AvgIpc) is 2.78. The Morgan fingerprint density at radius 2 is 1.62 bits per heavy atom. The minimum absolute atomic E-state index is 0.634. The maximum atomic E-state index is 5.36. The molecule has 0 aliphatic rings. The number of nitrogens with one attached hydrogen (secondary N) is 1. The third-order valence-corrected chi connectivity index (χ3v) is 4.70. The number of benzene rings is 3. The number of pyridine rings is 1. The van der Waals surface area contributed by atoms with Gasteiger partial charge in [0.25, 0.3) is 0 Å². The quantitative estimate of drug-likeness (QED) is 0.432. The first-order valence-corrected chi connectivity index (χ1v) is 9.62. The molecule has 0 unspecified atom stereocenters. The van der Waals surface area contributed by atoms with Crippen molar-refractivity contribution in [2.75, 3.05) is 12.4 Å². The molecule has 0 spiro atoms. The zero-order chi connectivity index (χ0) is 19.9. The van der Waals surface area contributed by atoms with Crippen LogP contribution in [0, 0.1) is 0 Å². The van der Waals surface area contributed by atoms with E-state index >= 15 is 0 Å². The number of fused-ring (bicyclic) bond motifs is 1. The summed E-state index contributed by atoms with van der Waals surface area (Å²) in [5, 5.41) is 4.49. The summed E-state index contributed by atoms with van der Waals surface area (Å²) in [7, 11) is 1.67. The number of ether oxygens (including phenoxy) is 1. The maximum Gasteiger partial charge on any atom is 0.135 e. The van der Waals surface area contributed by atoms with Crippen LogP contribution in [0.1, 0.15) is 16.7 Å². The van der Waals surface area contributed by atoms with Gasteiger partial charge in [0, 0.05) is 23.7 Å². The summed E-state index contributed by atoms with van der Waals surface area (Å²) in [5.74, 6) is 1.64. The fraction of sp³-hybridized carbons (Fsp3) is 0.120. The van der Waals surface area contributed by atoms with Crippen LogP contribution in [0.5, 0.6) is 5.75 Å². The van der Waals surface area contributed by atoms with Crippen molar-refractivity contribution in [2.45, 2.75) is 13.1 Å². The Morgan fingerprint density at radius 3 is 2.34 bits per heavy atom. The first kappa shape index (κ1) is 18.7. The van der Waals surface area contributed by atoms with Crippen LogP contribution in [-0.4, -0.2) is 18.3 Å². The van der Waals surface area contributed by atoms with Crippen molar-refractivity contribution < 1.29 is 4.74 Å². The van der Waals surface area contributed by atoms with Gasteiger partial charge in [-0.3, -0.25) is 4.99 Å². The number of methoxy groups -OCH3 is 1. The summed E-state index contributed by atoms with van der Waals surface area (Å²) >= 11 is 0. The van der Waals surface area contributed by atoms with Crippen molar-refractivity contribution in [1.29, 1.82) is 0 Å². The number of aliphatic imine (C=N–C) groups is 1. The van der Waals surface area contributed by atoms with Gasteiger partial charge in [-0.2, -0.15) is 0 Å². The van der Waals surface area contributed by atoms with Crippen molar-refractivity contribution in [2.24, 2.45) is 4.99 Å². The van der Waals surface area contributed by atoms with Crippen LogP contribution in [0.25, 0.3) is 10.9 Å². The summed E-state index contributed by atoms with van der Waals surface area (Å²) in [6.45, 7) is 1.34. The van der Waals surface area contributed by atoms with Crippen molar-refractivity contribution in [3.8, 4) is 5.75 Å². The molecule has 0 amide bonds. The lowest BCUT2D eigenvalue weighted by Gasteiger charge is -2.11. The van der Waals surface area contributed by atoms with Crippen molar-refractivity contribution in [3.63, 3.8) is 0 Å². The summed E-state index contributed by atoms with van der Waals surface area (Å²) < 4.78 is 5.36. The first-order valence-electron chi connectivity index (χ1n) is 9.62. The third-order valence-electron chi connectivity index (χ3n) is 4.70. The Hall–Kier alpha value is -3.66. The second-order valence-electron chi connectivity index (χ2n) is 6.78. The minimum atomic E-state index is 0.634. The number of nitrogens with zero attached hydrogens (tertiary/aromatic N) is 2. The summed E-state index contributed by atoms with van der Waals surface area (Å²) in [5.41, 5.74) is 4.26. The molecule has 1 aromatic heterocycles. The molecule has 0 radical (unpaired) electrons. The highest BCUT2D eigenvalue weighted by molar-refractivity contribution is 5.94. The Kier molecular flexibility index (Phi) is 5.81. The third kappa shape index (κ3) is 4.79. The summed E-state index contributed by atoms with van der Waals surface area (Å²) in [6, 6.07) is 28.5. The highest BCUT2D eigenvalue weighted by atomic mass is 16.5. The van der Waals surface area contributed by atoms with E-state index in [2.05, 4.69) is 40.6 Å². The van der Waals surface area contributed by atoms with E-state index in [1.54, 1.807) is 7.11 Å². The molecule has 29 heavy (non-hydrogen) atoms. The molecular weight excluding hydrogens is 358 g/mol. The Bertz CT molecular complexity index is 1110. The lowest BCUT2D eigenvalue weighted by atomic mass is 10.1. The largest absolute Gasteiger partial charge is 0.497 e. The molecule has 4 nitrogen and oxygen atoms in total. The highest BCUT2D eigenvalue weighted by Crippen LogP contribution is 2.24. The molecule has 3 aromatic carbocycles. The Labute approximate surface area is 170 Å². The molecular formula is C25H23N3O. The van der Waals surface area contributed by atoms with Gasteiger partial charge in [0.15, 0.2) is 0 Å². The molecule has 0 bridgehead atoms. The lowest BCUT2D eigenvalue weighted by Crippen LogP contribution is -2.05. The fourth-order valence-corrected chi connectivity index (χ4v) is 3.15. The molecule has 144 valence electrons. The van der Waals surface area contributed by atoms with Gasteiger partial charge in [-0.15, -0.1) is 0 Å². The average molecular weight is 381 g/mol. The SMILES string of the molecule is COc1ccc2nc(NCc3ccccc3)c(C=NCc3ccccc3)cc2c1. The number of hydrogen-bond acceptors (Lipinski definition) is 4. The molecule has 1 N–H and O–H groups in total. The Morgan fingerprint density at radius 1 is 0.897 bits per heavy atom. The van der Waals surface area contributed by atoms with Gasteiger partial charge < -0.3 is 10.1 Å². The van der Waals surface area contributed by atoms with E-state index in [1.165, 1.54) is 11.1 Å². The van der Waals surface area contributed by atoms with Gasteiger partial charge in [-0.1, -0.05) is 60.7 Å². The zero-order valence-electron chi connectivity index (χ0n) is 16.4. The van der Waals surface area contributed by atoms with E-state index in [9.17, 15) is 0 Å². The van der Waals surface area contributed by atoms with Gasteiger partial charge in [0.1, 0.15) is 11.6 Å². The fourth-order valence-electron chi connectivity index (χ4n) is 3.15. The second kappa shape index (κ2) is 9.02. The Balaban J connectivity index is 1.64. The van der Waals surface area contributed by atoms with E-state index in [-0.39, 0.29) is 0 Å². The first-order chi connectivity index (χ1) is 14.3. The van der Waals surface area contributed by atoms with Crippen LogP contribution in [0.15, 0.2) is 89.9 Å². The molecule has 0 saturated heterocycles. The monoisotopic (exact) mass is 381 g/mol. The van der Waals surface area contributed by atoms with Crippen LogP contribution in [-0.2, 0) is 13.1 Å². The van der Waals surface area contributed by atoms with Crippen LogP contribution >= 0.6 is 0 Å². The van der Waals surface area contributed by atoms with Crippen molar-refractivity contribution >= 4 is 22.9 Å². The highest BCUT2D eigenvalue weighted by Gasteiger charge is 2.07. The molecule has 4 rings (SSSR count). The maximum absolute atomic E-state index is 5.36. The number of aromatic nitrogens is 1. The molecule has 4 aromatic rings. The summed E-state index contributed by atoms with van der Waals surface area (Å²) in [4.78, 5) is 9.47. The van der Waals surface area contributed by atoms with Crippen LogP contribution in [0.2, 0.25) is 0 Å². The van der Waals surface area contributed by atoms with Crippen molar-refractivity contribution in [3.05, 3.63) is 102 Å². The zero-order valence-corrected chi connectivity index (χ0v) is 16.4. The van der Waals surface area contributed by atoms with Crippen LogP contribution < -0.4 is 10.1 Å². The number of rotatable bonds is 7. The van der Waals surface area contributed by atoms with E-state index in [4.69, 9.17) is 9.72 Å². The van der Waals surface area contributed by atoms with Gasteiger partial charge >= 0.3 is 0 Å². The lowest BCUT2D eigenvalue weighted by molar-refractivity contribution is 0.415. The van der Waals surface area contributed by atoms with E-state index < -0.39 is 0 Å². The molecule has 4 heteroatoms. The molecule has 1 heterocycles. The standard InChI is InChI=1S/C25H23N3O/c1-29-23-12-13-24-21(15-23)14-22(18-26-16-19-8-4-2-5-9-19)25(28-24)27-17-20-10-6-3-7-11-20/h2-15,18H,16-17H2,1H3,(H,27,28). The van der Waals surface area contributed by atoms with Gasteiger partial charge in [-0.25, -0.2) is 4.98 Å². The molecule has 0 fully saturated rings. The molecule has 0 aliphatic heterocycles. The number of hydrogen-bond donors (Lipinski definition) is 1. The summed E-state index contributed by atoms with van der Waals surface area (Å²) in [6.07, 6.45) is 1.90. The van der Waals surface area contributed by atoms with Crippen LogP contribution in [0.4, 0.5) is 5.82 Å². The van der Waals surface area contributed by atoms with Gasteiger partial charge in [0.2, 0.25) is 0 Å². The number of anilines is 1. The smallest absolute Gasteiger partial charge is 0.135 e. The van der Waals surface area contributed by atoms with Gasteiger partial charge in [0.05, 0.1) is 19.2 Å². The second-order valence-corrected chi connectivity index (χ2v) is 6.78. The van der Waals surface area contributed by atoms with Crippen molar-refractivity contribution in [1.82, 2.24) is 4.98 Å². The predicted octanol–water partition coefficient (Wildman–Crippen LogP) is 5.47. The van der Waals surface area contributed by atoms with E-state index in [0.29, 0.717) is 13.1 Å². The van der Waals surface area contributed by atoms with E-state index in [1.807, 2.05) is 60.8 Å². The molecule has 0 saturated carbocycles. The normalized spacial score (nSPS) is 11.1. The molecule has 0 atom stereocenters. The topological polar surface area (TPSA) is 46.5 Å². The van der Waals surface area contributed by atoms with Gasteiger partial charge in [-0.05, 0) is 35.4 Å². The van der Waals surface area contributed by atoms with E-state index in [0.717, 1.165) is 28.0 Å². The molecule has 0 aliphatic carbocycles. The van der Waals surface area contributed by atoms with Crippen LogP contribution in [0.3, 0.4) is 0 Å². The predicted molar refractivity (Wildman–Crippen MR) is 120 cm³/mol. The minimum Gasteiger partial charge on any atom is -0.497 e.